The van der Waals surface area contributed by atoms with Gasteiger partial charge in [0.15, 0.2) is 5.69 Å². The number of fused-ring (bicyclic) bond motifs is 1. The van der Waals surface area contributed by atoms with Crippen LogP contribution in [-0.2, 0) is 0 Å². The standard InChI is InChI=1S/C19H20N4O2/c1-11-8-9-15-16(12(11)2)20-19(25)17(15)21-22-18(24)13-6-5-7-14(10-13)23(3)4/h5-10,20,25H,1-4H3. The Morgan fingerprint density at radius 3 is 2.64 bits per heavy atom. The summed E-state index contributed by atoms with van der Waals surface area (Å²) in [6, 6.07) is 11.0. The highest BCUT2D eigenvalue weighted by Gasteiger charge is 2.14. The van der Waals surface area contributed by atoms with E-state index in [-0.39, 0.29) is 11.6 Å². The van der Waals surface area contributed by atoms with Gasteiger partial charge in [-0.25, -0.2) is 0 Å². The average molecular weight is 336 g/mol. The lowest BCUT2D eigenvalue weighted by Gasteiger charge is -2.12. The minimum absolute atomic E-state index is 0.0951. The van der Waals surface area contributed by atoms with Crippen LogP contribution in [-0.4, -0.2) is 30.1 Å². The number of carbonyl (C=O) groups is 1. The van der Waals surface area contributed by atoms with Gasteiger partial charge in [0.05, 0.1) is 5.52 Å². The van der Waals surface area contributed by atoms with Gasteiger partial charge in [0.2, 0.25) is 5.88 Å². The number of aromatic nitrogens is 1. The molecule has 0 spiro atoms. The maximum Gasteiger partial charge on any atom is 0.295 e. The van der Waals surface area contributed by atoms with Gasteiger partial charge < -0.3 is 15.0 Å². The number of hydrogen-bond acceptors (Lipinski definition) is 4. The van der Waals surface area contributed by atoms with Crippen molar-refractivity contribution < 1.29 is 9.90 Å². The van der Waals surface area contributed by atoms with E-state index < -0.39 is 5.91 Å². The largest absolute Gasteiger partial charge is 0.493 e. The third-order valence-electron chi connectivity index (χ3n) is 4.31. The lowest BCUT2D eigenvalue weighted by atomic mass is 10.1. The van der Waals surface area contributed by atoms with E-state index in [1.165, 1.54) is 0 Å². The SMILES string of the molecule is Cc1ccc2c(N=NC(=O)c3cccc(N(C)C)c3)c(O)[nH]c2c1C. The topological polar surface area (TPSA) is 81.1 Å². The van der Waals surface area contributed by atoms with Gasteiger partial charge >= 0.3 is 0 Å². The number of H-pyrrole nitrogens is 1. The lowest BCUT2D eigenvalue weighted by molar-refractivity contribution is 0.0995. The van der Waals surface area contributed by atoms with Crippen LogP contribution in [0.3, 0.4) is 0 Å². The molecule has 0 atom stereocenters. The van der Waals surface area contributed by atoms with Crippen LogP contribution >= 0.6 is 0 Å². The Morgan fingerprint density at radius 2 is 1.92 bits per heavy atom. The van der Waals surface area contributed by atoms with Crippen LogP contribution in [0.25, 0.3) is 10.9 Å². The second-order valence-electron chi connectivity index (χ2n) is 6.20. The van der Waals surface area contributed by atoms with Gasteiger partial charge in [-0.3, -0.25) is 4.79 Å². The van der Waals surface area contributed by atoms with E-state index >= 15 is 0 Å². The van der Waals surface area contributed by atoms with Crippen molar-refractivity contribution in [1.82, 2.24) is 4.98 Å². The number of nitrogens with one attached hydrogen (secondary N) is 1. The molecule has 6 heteroatoms. The van der Waals surface area contributed by atoms with Crippen LogP contribution in [0.2, 0.25) is 0 Å². The van der Waals surface area contributed by atoms with Gasteiger partial charge in [0, 0.05) is 30.7 Å². The molecule has 0 bridgehead atoms. The quantitative estimate of drug-likeness (QED) is 0.692. The summed E-state index contributed by atoms with van der Waals surface area (Å²) in [7, 11) is 3.80. The van der Waals surface area contributed by atoms with Gasteiger partial charge in [-0.15, -0.1) is 10.2 Å². The molecule has 0 aliphatic carbocycles. The predicted octanol–water partition coefficient (Wildman–Crippen LogP) is 4.48. The fourth-order valence-corrected chi connectivity index (χ4v) is 2.65. The van der Waals surface area contributed by atoms with Crippen molar-refractivity contribution in [3.63, 3.8) is 0 Å². The normalized spacial score (nSPS) is 11.4. The van der Waals surface area contributed by atoms with E-state index in [1.54, 1.807) is 18.2 Å². The number of hydrogen-bond donors (Lipinski definition) is 2. The number of aryl methyl sites for hydroxylation is 2. The first-order valence-corrected chi connectivity index (χ1v) is 7.93. The number of nitrogens with zero attached hydrogens (tertiary/aromatic N) is 3. The molecule has 2 aromatic carbocycles. The molecular formula is C19H20N4O2. The summed E-state index contributed by atoms with van der Waals surface area (Å²) in [5.41, 5.74) is 4.56. The third kappa shape index (κ3) is 3.10. The first kappa shape index (κ1) is 16.7. The summed E-state index contributed by atoms with van der Waals surface area (Å²) >= 11 is 0. The van der Waals surface area contributed by atoms with E-state index in [1.807, 2.05) is 51.0 Å². The zero-order chi connectivity index (χ0) is 18.1. The molecular weight excluding hydrogens is 316 g/mol. The number of amides is 1. The first-order chi connectivity index (χ1) is 11.9. The maximum atomic E-state index is 12.3. The summed E-state index contributed by atoms with van der Waals surface area (Å²) in [5.74, 6) is -0.552. The van der Waals surface area contributed by atoms with Gasteiger partial charge in [-0.1, -0.05) is 18.2 Å². The number of azo groups is 1. The fraction of sp³-hybridized carbons (Fsp3) is 0.211. The third-order valence-corrected chi connectivity index (χ3v) is 4.31. The predicted molar refractivity (Wildman–Crippen MR) is 99.1 cm³/mol. The molecule has 6 nitrogen and oxygen atoms in total. The second kappa shape index (κ2) is 6.39. The van der Waals surface area contributed by atoms with Gasteiger partial charge in [0.25, 0.3) is 5.91 Å². The van der Waals surface area contributed by atoms with E-state index in [0.29, 0.717) is 5.56 Å². The molecule has 3 aromatic rings. The summed E-state index contributed by atoms with van der Waals surface area (Å²) in [5, 5.41) is 18.6. The van der Waals surface area contributed by atoms with Crippen molar-refractivity contribution in [1.29, 1.82) is 0 Å². The first-order valence-electron chi connectivity index (χ1n) is 7.93. The van der Waals surface area contributed by atoms with Crippen molar-refractivity contribution >= 4 is 28.2 Å². The molecule has 25 heavy (non-hydrogen) atoms. The van der Waals surface area contributed by atoms with Crippen LogP contribution in [0.15, 0.2) is 46.6 Å². The van der Waals surface area contributed by atoms with Crippen LogP contribution in [0.4, 0.5) is 11.4 Å². The molecule has 3 rings (SSSR count). The smallest absolute Gasteiger partial charge is 0.295 e. The number of aromatic amines is 1. The monoisotopic (exact) mass is 336 g/mol. The Labute approximate surface area is 145 Å². The molecule has 128 valence electrons. The molecule has 0 aliphatic heterocycles. The van der Waals surface area contributed by atoms with E-state index in [9.17, 15) is 9.90 Å². The summed E-state index contributed by atoms with van der Waals surface area (Å²) in [6.45, 7) is 3.96. The Bertz CT molecular complexity index is 986. The van der Waals surface area contributed by atoms with E-state index in [0.717, 1.165) is 27.7 Å². The van der Waals surface area contributed by atoms with Crippen molar-refractivity contribution in [2.75, 3.05) is 19.0 Å². The number of benzene rings is 2. The summed E-state index contributed by atoms with van der Waals surface area (Å²) in [6.07, 6.45) is 0. The molecule has 0 saturated heterocycles. The molecule has 0 saturated carbocycles. The van der Waals surface area contributed by atoms with Gasteiger partial charge in [-0.2, -0.15) is 0 Å². The Balaban J connectivity index is 1.96. The Kier molecular flexibility index (Phi) is 4.27. The highest BCUT2D eigenvalue weighted by molar-refractivity contribution is 5.98. The molecule has 1 aromatic heterocycles. The summed E-state index contributed by atoms with van der Waals surface area (Å²) < 4.78 is 0. The minimum Gasteiger partial charge on any atom is -0.493 e. The second-order valence-corrected chi connectivity index (χ2v) is 6.20. The zero-order valence-corrected chi connectivity index (χ0v) is 14.7. The van der Waals surface area contributed by atoms with Crippen molar-refractivity contribution in [3.8, 4) is 5.88 Å². The van der Waals surface area contributed by atoms with Crippen LogP contribution in [0, 0.1) is 13.8 Å². The number of rotatable bonds is 3. The Morgan fingerprint density at radius 1 is 1.16 bits per heavy atom. The van der Waals surface area contributed by atoms with Crippen LogP contribution in [0.1, 0.15) is 21.5 Å². The molecule has 2 N–H and O–H groups in total. The van der Waals surface area contributed by atoms with E-state index in [4.69, 9.17) is 0 Å². The van der Waals surface area contributed by atoms with Crippen molar-refractivity contribution in [2.45, 2.75) is 13.8 Å². The van der Waals surface area contributed by atoms with E-state index in [2.05, 4.69) is 15.2 Å². The minimum atomic E-state index is -0.457. The molecule has 0 unspecified atom stereocenters. The van der Waals surface area contributed by atoms with Crippen molar-refractivity contribution in [2.24, 2.45) is 10.2 Å². The number of aromatic hydroxyl groups is 1. The zero-order valence-electron chi connectivity index (χ0n) is 14.7. The number of anilines is 1. The Hall–Kier alpha value is -3.15. The van der Waals surface area contributed by atoms with Crippen LogP contribution in [0.5, 0.6) is 5.88 Å². The molecule has 1 amide bonds. The van der Waals surface area contributed by atoms with Crippen LogP contribution < -0.4 is 4.90 Å². The number of carbonyl (C=O) groups excluding carboxylic acids is 1. The highest BCUT2D eigenvalue weighted by Crippen LogP contribution is 2.37. The maximum absolute atomic E-state index is 12.3. The molecule has 0 aliphatic rings. The van der Waals surface area contributed by atoms with Gasteiger partial charge in [0.1, 0.15) is 0 Å². The molecule has 1 heterocycles. The highest BCUT2D eigenvalue weighted by atomic mass is 16.3. The van der Waals surface area contributed by atoms with Crippen molar-refractivity contribution in [3.05, 3.63) is 53.1 Å². The van der Waals surface area contributed by atoms with Gasteiger partial charge in [-0.05, 0) is 43.2 Å². The summed E-state index contributed by atoms with van der Waals surface area (Å²) in [4.78, 5) is 17.1. The molecule has 0 radical (unpaired) electrons. The fourth-order valence-electron chi connectivity index (χ4n) is 2.65. The molecule has 0 fully saturated rings. The average Bonchev–Trinajstić information content (AvgIpc) is 2.92. The lowest BCUT2D eigenvalue weighted by Crippen LogP contribution is -2.09.